The average molecular weight is 439 g/mol. The predicted molar refractivity (Wildman–Crippen MR) is 130 cm³/mol. The number of hydrogen-bond acceptors (Lipinski definition) is 2. The van der Waals surface area contributed by atoms with Crippen molar-refractivity contribution >= 4 is 16.7 Å². The molecule has 0 spiro atoms. The lowest BCUT2D eigenvalue weighted by molar-refractivity contribution is 0.0600. The average Bonchev–Trinajstić information content (AvgIpc) is 2.82. The molecule has 2 nitrogen and oxygen atoms in total. The molecule has 4 rings (SSSR count). The van der Waals surface area contributed by atoms with E-state index in [-0.39, 0.29) is 11.4 Å². The molecule has 4 unspecified atom stereocenters. The van der Waals surface area contributed by atoms with E-state index in [1.54, 1.807) is 6.07 Å². The normalized spacial score (nSPS) is 25.5. The summed E-state index contributed by atoms with van der Waals surface area (Å²) in [4.78, 5) is 11.8. The predicted octanol–water partition coefficient (Wildman–Crippen LogP) is 8.43. The maximum Gasteiger partial charge on any atom is 0.337 e. The molecule has 32 heavy (non-hydrogen) atoms. The quantitative estimate of drug-likeness (QED) is 0.305. The molecular weight excluding hydrogens is 399 g/mol. The maximum atomic E-state index is 14.8. The van der Waals surface area contributed by atoms with Gasteiger partial charge in [0.2, 0.25) is 0 Å². The van der Waals surface area contributed by atoms with E-state index >= 15 is 0 Å². The molecule has 0 aromatic heterocycles. The van der Waals surface area contributed by atoms with Crippen molar-refractivity contribution in [2.24, 2.45) is 17.8 Å². The molecule has 2 fully saturated rings. The first-order valence-electron chi connectivity index (χ1n) is 12.9. The van der Waals surface area contributed by atoms with Gasteiger partial charge in [-0.1, -0.05) is 64.0 Å². The van der Waals surface area contributed by atoms with Crippen LogP contribution in [0.2, 0.25) is 0 Å². The lowest BCUT2D eigenvalue weighted by atomic mass is 9.63. The van der Waals surface area contributed by atoms with Crippen LogP contribution in [0.3, 0.4) is 0 Å². The fourth-order valence-electron chi connectivity index (χ4n) is 6.41. The Morgan fingerprint density at radius 1 is 0.969 bits per heavy atom. The summed E-state index contributed by atoms with van der Waals surface area (Å²) in [5.41, 5.74) is 1.53. The SMILES string of the molecule is CCCCCCCC1CCC2CC(c3ccc4cc(C(=O)OC)cc(F)c4c3)CCC2C1. The molecule has 2 aromatic rings. The lowest BCUT2D eigenvalue weighted by Gasteiger charge is -2.42. The van der Waals surface area contributed by atoms with Crippen LogP contribution in [-0.2, 0) is 4.74 Å². The van der Waals surface area contributed by atoms with Gasteiger partial charge in [-0.15, -0.1) is 0 Å². The molecule has 2 aliphatic rings. The van der Waals surface area contributed by atoms with E-state index in [9.17, 15) is 9.18 Å². The van der Waals surface area contributed by atoms with E-state index in [4.69, 9.17) is 4.74 Å². The highest BCUT2D eigenvalue weighted by molar-refractivity contribution is 5.95. The van der Waals surface area contributed by atoms with E-state index in [0.717, 1.165) is 23.1 Å². The Morgan fingerprint density at radius 2 is 1.75 bits per heavy atom. The molecule has 0 N–H and O–H groups in total. The molecular formula is C29H39FO2. The molecule has 0 radical (unpaired) electrons. The van der Waals surface area contributed by atoms with Gasteiger partial charge in [0.05, 0.1) is 12.7 Å². The largest absolute Gasteiger partial charge is 0.465 e. The second-order valence-corrected chi connectivity index (χ2v) is 10.3. The van der Waals surface area contributed by atoms with Crippen LogP contribution in [0.25, 0.3) is 10.8 Å². The Labute approximate surface area is 192 Å². The molecule has 4 atom stereocenters. The first kappa shape index (κ1) is 23.3. The number of ether oxygens (including phenoxy) is 1. The zero-order valence-corrected chi connectivity index (χ0v) is 19.9. The van der Waals surface area contributed by atoms with Crippen LogP contribution in [0.5, 0.6) is 0 Å². The summed E-state index contributed by atoms with van der Waals surface area (Å²) < 4.78 is 19.5. The van der Waals surface area contributed by atoms with Gasteiger partial charge in [0.1, 0.15) is 5.82 Å². The summed E-state index contributed by atoms with van der Waals surface area (Å²) in [5.74, 6) is 2.40. The standard InChI is InChI=1S/C29H39FO2/c1-3-4-5-6-7-8-20-9-10-22-16-23(12-11-21(22)15-20)24-13-14-25-17-26(29(31)32-2)19-28(30)27(25)18-24/h13-14,17-23H,3-12,15-16H2,1-2H3. The van der Waals surface area contributed by atoms with Crippen LogP contribution in [0.4, 0.5) is 4.39 Å². The van der Waals surface area contributed by atoms with Crippen LogP contribution >= 0.6 is 0 Å². The van der Waals surface area contributed by atoms with E-state index in [2.05, 4.69) is 13.0 Å². The van der Waals surface area contributed by atoms with Crippen molar-refractivity contribution in [3.05, 3.63) is 47.3 Å². The monoisotopic (exact) mass is 438 g/mol. The number of halogens is 1. The highest BCUT2D eigenvalue weighted by atomic mass is 19.1. The molecule has 2 aromatic carbocycles. The molecule has 174 valence electrons. The first-order chi connectivity index (χ1) is 15.6. The minimum Gasteiger partial charge on any atom is -0.465 e. The fraction of sp³-hybridized carbons (Fsp3) is 0.621. The van der Waals surface area contributed by atoms with Gasteiger partial charge in [-0.05, 0) is 84.9 Å². The second-order valence-electron chi connectivity index (χ2n) is 10.3. The number of esters is 1. The van der Waals surface area contributed by atoms with Gasteiger partial charge in [-0.25, -0.2) is 9.18 Å². The molecule has 2 saturated carbocycles. The van der Waals surface area contributed by atoms with Crippen LogP contribution < -0.4 is 0 Å². The van der Waals surface area contributed by atoms with Crippen LogP contribution in [-0.4, -0.2) is 13.1 Å². The molecule has 3 heteroatoms. The Morgan fingerprint density at radius 3 is 2.56 bits per heavy atom. The minimum atomic E-state index is -0.496. The fourth-order valence-corrected chi connectivity index (χ4v) is 6.41. The zero-order chi connectivity index (χ0) is 22.5. The van der Waals surface area contributed by atoms with Gasteiger partial charge in [0.15, 0.2) is 0 Å². The smallest absolute Gasteiger partial charge is 0.337 e. The zero-order valence-electron chi connectivity index (χ0n) is 19.9. The Bertz CT molecular complexity index is 921. The minimum absolute atomic E-state index is 0.271. The van der Waals surface area contributed by atoms with Crippen LogP contribution in [0.15, 0.2) is 30.3 Å². The second kappa shape index (κ2) is 10.8. The Kier molecular flexibility index (Phi) is 7.86. The summed E-state index contributed by atoms with van der Waals surface area (Å²) in [6, 6.07) is 9.18. The summed E-state index contributed by atoms with van der Waals surface area (Å²) >= 11 is 0. The number of unbranched alkanes of at least 4 members (excludes halogenated alkanes) is 4. The number of hydrogen-bond donors (Lipinski definition) is 0. The van der Waals surface area contributed by atoms with Gasteiger partial charge < -0.3 is 4.74 Å². The van der Waals surface area contributed by atoms with Gasteiger partial charge >= 0.3 is 5.97 Å². The van der Waals surface area contributed by atoms with Crippen molar-refractivity contribution in [3.8, 4) is 0 Å². The molecule has 0 aliphatic heterocycles. The van der Waals surface area contributed by atoms with Crippen molar-refractivity contribution in [2.45, 2.75) is 89.9 Å². The summed E-state index contributed by atoms with van der Waals surface area (Å²) in [6.45, 7) is 2.28. The van der Waals surface area contributed by atoms with Crippen molar-refractivity contribution in [1.29, 1.82) is 0 Å². The summed E-state index contributed by atoms with van der Waals surface area (Å²) in [7, 11) is 1.32. The van der Waals surface area contributed by atoms with Gasteiger partial charge in [-0.2, -0.15) is 0 Å². The third kappa shape index (κ3) is 5.35. The van der Waals surface area contributed by atoms with E-state index in [1.807, 2.05) is 12.1 Å². The highest BCUT2D eigenvalue weighted by Gasteiger charge is 2.35. The Hall–Kier alpha value is -1.90. The number of fused-ring (bicyclic) bond motifs is 2. The third-order valence-corrected chi connectivity index (χ3v) is 8.26. The Balaban J connectivity index is 1.36. The highest BCUT2D eigenvalue weighted by Crippen LogP contribution is 2.48. The van der Waals surface area contributed by atoms with E-state index < -0.39 is 5.97 Å². The van der Waals surface area contributed by atoms with Crippen molar-refractivity contribution in [2.75, 3.05) is 7.11 Å². The number of benzene rings is 2. The molecule has 0 bridgehead atoms. The summed E-state index contributed by atoms with van der Waals surface area (Å²) in [5, 5.41) is 1.38. The molecule has 2 aliphatic carbocycles. The lowest BCUT2D eigenvalue weighted by Crippen LogP contribution is -2.30. The summed E-state index contributed by atoms with van der Waals surface area (Å²) in [6.07, 6.45) is 16.4. The third-order valence-electron chi connectivity index (χ3n) is 8.26. The van der Waals surface area contributed by atoms with Crippen LogP contribution in [0.1, 0.15) is 106 Å². The molecule has 0 heterocycles. The number of carbonyl (C=O) groups is 1. The van der Waals surface area contributed by atoms with Crippen molar-refractivity contribution < 1.29 is 13.9 Å². The van der Waals surface area contributed by atoms with E-state index in [1.165, 1.54) is 95.8 Å². The number of rotatable bonds is 8. The van der Waals surface area contributed by atoms with Crippen LogP contribution in [0, 0.1) is 23.6 Å². The maximum absolute atomic E-state index is 14.8. The van der Waals surface area contributed by atoms with Crippen molar-refractivity contribution in [3.63, 3.8) is 0 Å². The van der Waals surface area contributed by atoms with Crippen molar-refractivity contribution in [1.82, 2.24) is 0 Å². The molecule has 0 amide bonds. The number of methoxy groups -OCH3 is 1. The van der Waals surface area contributed by atoms with Gasteiger partial charge in [0.25, 0.3) is 0 Å². The molecule has 0 saturated heterocycles. The van der Waals surface area contributed by atoms with Gasteiger partial charge in [-0.3, -0.25) is 0 Å². The first-order valence-corrected chi connectivity index (χ1v) is 12.9. The number of carbonyl (C=O) groups excluding carboxylic acids is 1. The van der Waals surface area contributed by atoms with Gasteiger partial charge in [0, 0.05) is 5.39 Å². The topological polar surface area (TPSA) is 26.3 Å². The van der Waals surface area contributed by atoms with E-state index in [0.29, 0.717) is 11.3 Å².